The molecule has 4 unspecified atom stereocenters. The van der Waals surface area contributed by atoms with Gasteiger partial charge in [-0.15, -0.1) is 0 Å². The number of nitrogens with two attached hydrogens (primary N) is 1. The quantitative estimate of drug-likeness (QED) is 0.736. The van der Waals surface area contributed by atoms with Crippen molar-refractivity contribution in [1.82, 2.24) is 19.5 Å². The number of anilines is 1. The summed E-state index contributed by atoms with van der Waals surface area (Å²) in [5.74, 6) is -0.339. The summed E-state index contributed by atoms with van der Waals surface area (Å²) >= 11 is 0. The number of ether oxygens (including phenoxy) is 4. The van der Waals surface area contributed by atoms with Crippen LogP contribution >= 0.6 is 0 Å². The van der Waals surface area contributed by atoms with Gasteiger partial charge in [0, 0.05) is 0 Å². The van der Waals surface area contributed by atoms with Crippen LogP contribution in [-0.2, 0) is 14.2 Å². The summed E-state index contributed by atoms with van der Waals surface area (Å²) in [7, 11) is 0. The molecule has 3 aliphatic heterocycles. The molecule has 22 heavy (non-hydrogen) atoms. The number of aromatic nitrogens is 4. The summed E-state index contributed by atoms with van der Waals surface area (Å²) in [4.78, 5) is 12.6. The molecule has 4 atom stereocenters. The van der Waals surface area contributed by atoms with Crippen LogP contribution in [0.25, 0.3) is 11.2 Å². The van der Waals surface area contributed by atoms with Crippen molar-refractivity contribution in [3.05, 3.63) is 6.33 Å². The van der Waals surface area contributed by atoms with Crippen LogP contribution in [0.1, 0.15) is 20.1 Å². The lowest BCUT2D eigenvalue weighted by Gasteiger charge is -2.22. The van der Waals surface area contributed by atoms with Gasteiger partial charge in [0.2, 0.25) is 0 Å². The summed E-state index contributed by atoms with van der Waals surface area (Å²) in [6.45, 7) is 4.13. The van der Waals surface area contributed by atoms with E-state index in [9.17, 15) is 0 Å². The molecule has 2 bridgehead atoms. The molecule has 0 amide bonds. The lowest BCUT2D eigenvalue weighted by molar-refractivity contribution is -0.195. The molecule has 2 saturated heterocycles. The standard InChI is InChI=1S/C13H15N5O4/c1-13(2)21-7-5-3-19-12-17-6-9(14)15-4-16-10(6)18(12)11(20-5)8(7)22-13/h4-5,7-8,11H,3H2,1-2H3,(H2,14,15,16). The van der Waals surface area contributed by atoms with Gasteiger partial charge in [0.1, 0.15) is 31.2 Å². The third-order valence-electron chi connectivity index (χ3n) is 4.23. The fraction of sp³-hybridized carbons (Fsp3) is 0.615. The van der Waals surface area contributed by atoms with Crippen LogP contribution in [0.15, 0.2) is 6.33 Å². The van der Waals surface area contributed by atoms with Crippen molar-refractivity contribution in [3.63, 3.8) is 0 Å². The van der Waals surface area contributed by atoms with Crippen LogP contribution in [-0.4, -0.2) is 50.2 Å². The van der Waals surface area contributed by atoms with Gasteiger partial charge in [-0.25, -0.2) is 14.5 Å². The summed E-state index contributed by atoms with van der Waals surface area (Å²) in [6.07, 6.45) is 0.375. The number of hydrogen-bond acceptors (Lipinski definition) is 8. The van der Waals surface area contributed by atoms with Gasteiger partial charge in [-0.2, -0.15) is 4.98 Å². The largest absolute Gasteiger partial charge is 0.462 e. The van der Waals surface area contributed by atoms with Crippen LogP contribution in [0.5, 0.6) is 6.01 Å². The predicted octanol–water partition coefficient (Wildman–Crippen LogP) is 0.218. The van der Waals surface area contributed by atoms with Crippen molar-refractivity contribution in [3.8, 4) is 6.01 Å². The van der Waals surface area contributed by atoms with E-state index in [1.54, 1.807) is 4.57 Å². The molecule has 0 aliphatic carbocycles. The molecule has 0 aromatic carbocycles. The number of fused-ring (bicyclic) bond motifs is 9. The average molecular weight is 305 g/mol. The van der Waals surface area contributed by atoms with E-state index in [1.165, 1.54) is 6.33 Å². The Morgan fingerprint density at radius 2 is 2.09 bits per heavy atom. The maximum atomic E-state index is 6.06. The summed E-state index contributed by atoms with van der Waals surface area (Å²) < 4.78 is 25.6. The Bertz CT molecular complexity index is 775. The highest BCUT2D eigenvalue weighted by Gasteiger charge is 2.58. The molecular formula is C13H15N5O4. The molecule has 2 aromatic rings. The molecular weight excluding hydrogens is 290 g/mol. The topological polar surface area (TPSA) is 107 Å². The second-order valence-corrected chi connectivity index (χ2v) is 6.14. The van der Waals surface area contributed by atoms with Gasteiger partial charge in [0.05, 0.1) is 0 Å². The highest BCUT2D eigenvalue weighted by atomic mass is 16.8. The van der Waals surface area contributed by atoms with Gasteiger partial charge < -0.3 is 24.7 Å². The fourth-order valence-electron chi connectivity index (χ4n) is 3.40. The molecule has 2 aromatic heterocycles. The molecule has 116 valence electrons. The Hall–Kier alpha value is -1.97. The second kappa shape index (κ2) is 3.86. The van der Waals surface area contributed by atoms with Gasteiger partial charge in [-0.3, -0.25) is 0 Å². The lowest BCUT2D eigenvalue weighted by atomic mass is 10.1. The Balaban J connectivity index is 1.70. The zero-order valence-corrected chi connectivity index (χ0v) is 12.1. The van der Waals surface area contributed by atoms with Crippen LogP contribution in [0, 0.1) is 0 Å². The van der Waals surface area contributed by atoms with Crippen LogP contribution in [0.3, 0.4) is 0 Å². The predicted molar refractivity (Wildman–Crippen MR) is 73.0 cm³/mol. The SMILES string of the molecule is CC1(C)OC2C3COc4nc5c(N)ncnc5n4C(O3)C2O1. The van der Waals surface area contributed by atoms with Gasteiger partial charge in [0.25, 0.3) is 0 Å². The minimum atomic E-state index is -0.648. The first-order valence-electron chi connectivity index (χ1n) is 7.16. The van der Waals surface area contributed by atoms with Gasteiger partial charge in [-0.1, -0.05) is 0 Å². The lowest BCUT2D eigenvalue weighted by Crippen LogP contribution is -2.34. The van der Waals surface area contributed by atoms with Crippen molar-refractivity contribution >= 4 is 17.0 Å². The highest BCUT2D eigenvalue weighted by molar-refractivity contribution is 5.82. The molecule has 9 nitrogen and oxygen atoms in total. The summed E-state index contributed by atoms with van der Waals surface area (Å²) in [5, 5.41) is 0. The van der Waals surface area contributed by atoms with Gasteiger partial charge >= 0.3 is 6.01 Å². The number of nitrogen functional groups attached to an aromatic ring is 1. The van der Waals surface area contributed by atoms with Gasteiger partial charge in [0.15, 0.2) is 29.0 Å². The number of rotatable bonds is 0. The van der Waals surface area contributed by atoms with E-state index in [0.717, 1.165) is 0 Å². The first-order valence-corrected chi connectivity index (χ1v) is 7.16. The minimum Gasteiger partial charge on any atom is -0.462 e. The van der Waals surface area contributed by atoms with Crippen LogP contribution < -0.4 is 10.5 Å². The third kappa shape index (κ3) is 1.50. The van der Waals surface area contributed by atoms with E-state index < -0.39 is 12.0 Å². The van der Waals surface area contributed by atoms with Crippen molar-refractivity contribution < 1.29 is 18.9 Å². The Morgan fingerprint density at radius 1 is 1.27 bits per heavy atom. The molecule has 0 spiro atoms. The summed E-state index contributed by atoms with van der Waals surface area (Å²) in [6, 6.07) is 0.418. The van der Waals surface area contributed by atoms with E-state index in [2.05, 4.69) is 15.0 Å². The summed E-state index contributed by atoms with van der Waals surface area (Å²) in [5.41, 5.74) is 6.95. The number of nitrogens with zero attached hydrogens (tertiary/aromatic N) is 4. The van der Waals surface area contributed by atoms with E-state index in [1.807, 2.05) is 13.8 Å². The molecule has 9 heteroatoms. The number of imidazole rings is 1. The maximum absolute atomic E-state index is 6.06. The van der Waals surface area contributed by atoms with E-state index in [0.29, 0.717) is 29.6 Å². The van der Waals surface area contributed by atoms with E-state index >= 15 is 0 Å². The van der Waals surface area contributed by atoms with Crippen LogP contribution in [0.4, 0.5) is 5.82 Å². The van der Waals surface area contributed by atoms with E-state index in [4.69, 9.17) is 24.7 Å². The van der Waals surface area contributed by atoms with Crippen molar-refractivity contribution in [2.75, 3.05) is 12.3 Å². The zero-order chi connectivity index (χ0) is 15.1. The molecule has 3 aliphatic rings. The van der Waals surface area contributed by atoms with Crippen LogP contribution in [0.2, 0.25) is 0 Å². The third-order valence-corrected chi connectivity index (χ3v) is 4.23. The Kier molecular flexibility index (Phi) is 2.20. The Labute approximate surface area is 125 Å². The smallest absolute Gasteiger partial charge is 0.301 e. The Morgan fingerprint density at radius 3 is 2.95 bits per heavy atom. The van der Waals surface area contributed by atoms with Crippen molar-refractivity contribution in [1.29, 1.82) is 0 Å². The molecule has 2 fully saturated rings. The first-order chi connectivity index (χ1) is 10.5. The molecule has 0 radical (unpaired) electrons. The van der Waals surface area contributed by atoms with Crippen molar-refractivity contribution in [2.24, 2.45) is 0 Å². The average Bonchev–Trinajstić information content (AvgIpc) is 3.02. The fourth-order valence-corrected chi connectivity index (χ4v) is 3.40. The molecule has 0 saturated carbocycles. The van der Waals surface area contributed by atoms with Gasteiger partial charge in [-0.05, 0) is 13.8 Å². The highest BCUT2D eigenvalue weighted by Crippen LogP contribution is 2.46. The zero-order valence-electron chi connectivity index (χ0n) is 12.1. The minimum absolute atomic E-state index is 0.176. The normalized spacial score (nSPS) is 35.0. The number of hydrogen-bond donors (Lipinski definition) is 1. The molecule has 5 heterocycles. The van der Waals surface area contributed by atoms with E-state index in [-0.39, 0.29) is 18.3 Å². The molecule has 5 rings (SSSR count). The second-order valence-electron chi connectivity index (χ2n) is 6.14. The molecule has 2 N–H and O–H groups in total. The van der Waals surface area contributed by atoms with Crippen molar-refractivity contribution in [2.45, 2.75) is 44.2 Å². The first kappa shape index (κ1) is 12.6. The maximum Gasteiger partial charge on any atom is 0.301 e. The monoisotopic (exact) mass is 305 g/mol.